The van der Waals surface area contributed by atoms with Crippen LogP contribution in [-0.2, 0) is 30.4 Å². The first-order valence-electron chi connectivity index (χ1n) is 22.1. The van der Waals surface area contributed by atoms with E-state index in [1.54, 1.807) is 37.7 Å². The maximum Gasteiger partial charge on any atom is 0.410 e. The number of carbonyl (C=O) groups is 1. The average molecular weight is 903 g/mol. The number of hydrogen-bond acceptors (Lipinski definition) is 9. The Morgan fingerprint density at radius 2 is 1.20 bits per heavy atom. The summed E-state index contributed by atoms with van der Waals surface area (Å²) in [6.07, 6.45) is 2.83. The van der Waals surface area contributed by atoms with Crippen LogP contribution in [0.1, 0.15) is 66.2 Å². The maximum absolute atomic E-state index is 13.3. The molecule has 2 aliphatic rings. The zero-order valence-electron chi connectivity index (χ0n) is 37.4. The van der Waals surface area contributed by atoms with Gasteiger partial charge in [0.1, 0.15) is 5.60 Å². The number of ether oxygens (including phenoxy) is 3. The smallest absolute Gasteiger partial charge is 0.410 e. The third-order valence-electron chi connectivity index (χ3n) is 12.2. The zero-order valence-corrected chi connectivity index (χ0v) is 39.0. The second kappa shape index (κ2) is 18.6. The molecule has 10 rings (SSSR count). The van der Waals surface area contributed by atoms with E-state index in [0.29, 0.717) is 24.5 Å². The number of phenols is 2. The number of amides is 1. The van der Waals surface area contributed by atoms with Gasteiger partial charge in [-0.1, -0.05) is 84.9 Å². The van der Waals surface area contributed by atoms with Crippen molar-refractivity contribution in [3.63, 3.8) is 0 Å². The predicted octanol–water partition coefficient (Wildman–Crippen LogP) is 13.1. The van der Waals surface area contributed by atoms with Gasteiger partial charge in [0.15, 0.2) is 23.0 Å². The van der Waals surface area contributed by atoms with Crippen molar-refractivity contribution in [2.45, 2.75) is 64.1 Å². The molecule has 0 spiro atoms. The monoisotopic (exact) mass is 902 g/mol. The van der Waals surface area contributed by atoms with E-state index in [-0.39, 0.29) is 29.7 Å². The number of aromatic hydroxyl groups is 2. The van der Waals surface area contributed by atoms with Gasteiger partial charge in [-0.25, -0.2) is 4.79 Å². The van der Waals surface area contributed by atoms with Crippen molar-refractivity contribution in [1.82, 2.24) is 10.2 Å². The Labute approximate surface area is 388 Å². The van der Waals surface area contributed by atoms with Crippen molar-refractivity contribution in [1.29, 1.82) is 0 Å². The average Bonchev–Trinajstić information content (AvgIpc) is 3.95. The number of hydrogen-bond donors (Lipinski definition) is 3. The van der Waals surface area contributed by atoms with Crippen LogP contribution in [0.3, 0.4) is 0 Å². The van der Waals surface area contributed by atoms with Crippen LogP contribution >= 0.6 is 22.7 Å². The molecule has 0 radical (unpaired) electrons. The molecule has 2 aliphatic heterocycles. The van der Waals surface area contributed by atoms with Crippen LogP contribution in [0.5, 0.6) is 23.0 Å². The molecule has 2 atom stereocenters. The van der Waals surface area contributed by atoms with E-state index in [4.69, 9.17) is 14.2 Å². The molecule has 3 N–H and O–H groups in total. The highest BCUT2D eigenvalue weighted by atomic mass is 32.1. The Kier molecular flexibility index (Phi) is 12.6. The van der Waals surface area contributed by atoms with Gasteiger partial charge in [-0.2, -0.15) is 0 Å². The lowest BCUT2D eigenvalue weighted by molar-refractivity contribution is 0.0141. The Balaban J connectivity index is 0.000000170. The molecule has 10 heteroatoms. The van der Waals surface area contributed by atoms with E-state index in [1.165, 1.54) is 52.2 Å². The summed E-state index contributed by atoms with van der Waals surface area (Å²) in [5.74, 6) is 1.29. The van der Waals surface area contributed by atoms with Crippen molar-refractivity contribution in [2.75, 3.05) is 27.3 Å². The molecule has 2 unspecified atom stereocenters. The Hall–Kier alpha value is -6.33. The van der Waals surface area contributed by atoms with Crippen LogP contribution in [0.2, 0.25) is 0 Å². The number of benzene rings is 6. The van der Waals surface area contributed by atoms with Crippen molar-refractivity contribution < 1.29 is 29.2 Å². The maximum atomic E-state index is 13.3. The summed E-state index contributed by atoms with van der Waals surface area (Å²) in [6.45, 7) is 7.17. The molecular formula is C55H54N2O6S2. The Morgan fingerprint density at radius 3 is 1.77 bits per heavy atom. The molecule has 0 aliphatic carbocycles. The molecule has 8 nitrogen and oxygen atoms in total. The number of nitrogens with zero attached hydrogens (tertiary/aromatic N) is 1. The third-order valence-corrected chi connectivity index (χ3v) is 14.6. The Morgan fingerprint density at radius 1 is 0.662 bits per heavy atom. The van der Waals surface area contributed by atoms with Crippen molar-refractivity contribution in [3.8, 4) is 43.9 Å². The molecule has 0 saturated carbocycles. The molecule has 8 aromatic rings. The summed E-state index contributed by atoms with van der Waals surface area (Å²) in [7, 11) is 3.29. The molecular weight excluding hydrogens is 849 g/mol. The first-order chi connectivity index (χ1) is 31.4. The van der Waals surface area contributed by atoms with Gasteiger partial charge in [0.05, 0.1) is 20.3 Å². The fourth-order valence-corrected chi connectivity index (χ4v) is 11.1. The lowest BCUT2D eigenvalue weighted by Gasteiger charge is -2.38. The van der Waals surface area contributed by atoms with Crippen LogP contribution in [-0.4, -0.2) is 54.1 Å². The fourth-order valence-electron chi connectivity index (χ4n) is 8.96. The van der Waals surface area contributed by atoms with Crippen molar-refractivity contribution in [3.05, 3.63) is 167 Å². The van der Waals surface area contributed by atoms with Crippen LogP contribution in [0.4, 0.5) is 4.79 Å². The molecule has 65 heavy (non-hydrogen) atoms. The minimum atomic E-state index is -0.564. The molecule has 0 fully saturated rings. The van der Waals surface area contributed by atoms with Gasteiger partial charge < -0.3 is 34.6 Å². The molecule has 2 aromatic heterocycles. The quantitative estimate of drug-likeness (QED) is 0.131. The summed E-state index contributed by atoms with van der Waals surface area (Å²) in [4.78, 5) is 17.7. The SMILES string of the molecule is COc1cc2c(cc1OC)C(Cc1ccc(-c3cc4ccccc4s3)cc1)N(C(=O)OC(C)(C)C)CC2.Oc1cc2c(cc1O)C(Cc1ccc(-c3cc4ccccc4s3)cc1)NCC2. The van der Waals surface area contributed by atoms with E-state index in [0.717, 1.165) is 48.1 Å². The predicted molar refractivity (Wildman–Crippen MR) is 265 cm³/mol. The minimum Gasteiger partial charge on any atom is -0.504 e. The number of phenolic OH excluding ortho intramolecular Hbond substituents is 2. The molecule has 1 amide bonds. The summed E-state index contributed by atoms with van der Waals surface area (Å²) >= 11 is 3.63. The van der Waals surface area contributed by atoms with Gasteiger partial charge in [-0.15, -0.1) is 22.7 Å². The standard InChI is InChI=1S/C31H33NO4S.C24H21NO2S/c1-31(2,3)36-30(33)32-15-14-22-17-26(34-4)27(35-5)19-24(22)25(32)16-20-10-12-21(13-11-20)29-18-23-8-6-7-9-28(23)37-29;26-21-12-17-9-10-25-20(19(17)14-22(21)27)11-15-5-7-16(8-6-15)24-13-18-3-1-2-4-23(18)28-24/h6-13,17-19,25H,14-16H2,1-5H3;1-8,12-14,20,25-27H,9-11H2. The minimum absolute atomic E-state index is 0.0351. The largest absolute Gasteiger partial charge is 0.504 e. The summed E-state index contributed by atoms with van der Waals surface area (Å²) in [5, 5.41) is 25.8. The van der Waals surface area contributed by atoms with Crippen LogP contribution < -0.4 is 14.8 Å². The van der Waals surface area contributed by atoms with Gasteiger partial charge in [-0.3, -0.25) is 0 Å². The van der Waals surface area contributed by atoms with Crippen LogP contribution in [0.25, 0.3) is 41.1 Å². The summed E-state index contributed by atoms with van der Waals surface area (Å²) in [5.41, 5.74) is 8.72. The highest BCUT2D eigenvalue weighted by Crippen LogP contribution is 2.41. The highest BCUT2D eigenvalue weighted by molar-refractivity contribution is 7.22. The van der Waals surface area contributed by atoms with Gasteiger partial charge >= 0.3 is 6.09 Å². The first-order valence-corrected chi connectivity index (χ1v) is 23.7. The first kappa shape index (κ1) is 43.9. The van der Waals surface area contributed by atoms with E-state index < -0.39 is 5.60 Å². The van der Waals surface area contributed by atoms with E-state index in [9.17, 15) is 15.0 Å². The second-order valence-corrected chi connectivity index (χ2v) is 19.9. The van der Waals surface area contributed by atoms with E-state index in [2.05, 4.69) is 115 Å². The zero-order chi connectivity index (χ0) is 45.2. The normalized spacial score (nSPS) is 15.7. The number of methoxy groups -OCH3 is 2. The molecule has 4 heterocycles. The Bertz CT molecular complexity index is 2900. The molecule has 0 bridgehead atoms. The van der Waals surface area contributed by atoms with E-state index in [1.807, 2.05) is 49.1 Å². The number of carbonyl (C=O) groups excluding carboxylic acids is 1. The number of fused-ring (bicyclic) bond motifs is 4. The highest BCUT2D eigenvalue weighted by Gasteiger charge is 2.35. The third kappa shape index (κ3) is 9.71. The van der Waals surface area contributed by atoms with Gasteiger partial charge in [0, 0.05) is 31.7 Å². The molecule has 6 aromatic carbocycles. The van der Waals surface area contributed by atoms with Gasteiger partial charge in [0.25, 0.3) is 0 Å². The van der Waals surface area contributed by atoms with Gasteiger partial charge in [-0.05, 0) is 157 Å². The fraction of sp³-hybridized carbons (Fsp3) is 0.255. The topological polar surface area (TPSA) is 100 Å². The number of nitrogens with one attached hydrogen (secondary N) is 1. The van der Waals surface area contributed by atoms with Crippen LogP contribution in [0.15, 0.2) is 133 Å². The second-order valence-electron chi connectivity index (χ2n) is 17.7. The van der Waals surface area contributed by atoms with Gasteiger partial charge in [0.2, 0.25) is 0 Å². The lowest BCUT2D eigenvalue weighted by atomic mass is 9.88. The summed E-state index contributed by atoms with van der Waals surface area (Å²) < 4.78 is 19.6. The summed E-state index contributed by atoms with van der Waals surface area (Å²) in [6, 6.07) is 46.3. The van der Waals surface area contributed by atoms with E-state index >= 15 is 0 Å². The molecule has 0 saturated heterocycles. The number of thiophene rings is 2. The van der Waals surface area contributed by atoms with Crippen molar-refractivity contribution >= 4 is 48.9 Å². The van der Waals surface area contributed by atoms with Crippen molar-refractivity contribution in [2.24, 2.45) is 0 Å². The van der Waals surface area contributed by atoms with Crippen LogP contribution in [0, 0.1) is 0 Å². The molecule has 332 valence electrons. The number of rotatable bonds is 8. The lowest BCUT2D eigenvalue weighted by Crippen LogP contribution is -2.43.